The second kappa shape index (κ2) is 1.23. The summed E-state index contributed by atoms with van der Waals surface area (Å²) in [5, 5.41) is 3.25. The molecule has 0 radical (unpaired) electrons. The van der Waals surface area contributed by atoms with Crippen molar-refractivity contribution in [2.45, 2.75) is 18.2 Å². The third-order valence-corrected chi connectivity index (χ3v) is 1.85. The first-order valence-corrected chi connectivity index (χ1v) is 2.95. The molecule has 46 valence electrons. The summed E-state index contributed by atoms with van der Waals surface area (Å²) in [7, 11) is 0. The van der Waals surface area contributed by atoms with Crippen LogP contribution in [0.4, 0.5) is 0 Å². The van der Waals surface area contributed by atoms with Crippen molar-refractivity contribution < 1.29 is 4.74 Å². The average Bonchev–Trinajstić information content (AvgIpc) is 2.21. The Hall–Kier alpha value is -0.120. The lowest BCUT2D eigenvalue weighted by molar-refractivity contribution is -0.000629. The fourth-order valence-electron chi connectivity index (χ4n) is 1.37. The molecule has 2 atom stereocenters. The van der Waals surface area contributed by atoms with Gasteiger partial charge in [-0.25, -0.2) is 0 Å². The van der Waals surface area contributed by atoms with Crippen LogP contribution < -0.4 is 11.1 Å². The van der Waals surface area contributed by atoms with E-state index in [2.05, 4.69) is 5.32 Å². The van der Waals surface area contributed by atoms with Gasteiger partial charge in [-0.3, -0.25) is 0 Å². The fraction of sp³-hybridized carbons (Fsp3) is 1.00. The zero-order valence-corrected chi connectivity index (χ0v) is 4.68. The van der Waals surface area contributed by atoms with E-state index in [1.807, 2.05) is 0 Å². The number of nitrogens with one attached hydrogen (secondary N) is 1. The molecule has 0 aromatic carbocycles. The Balaban J connectivity index is 2.19. The van der Waals surface area contributed by atoms with E-state index in [1.165, 1.54) is 0 Å². The van der Waals surface area contributed by atoms with Gasteiger partial charge in [0.2, 0.25) is 0 Å². The molecule has 2 unspecified atom stereocenters. The highest BCUT2D eigenvalue weighted by atomic mass is 16.5. The second-order valence-electron chi connectivity index (χ2n) is 2.66. The first kappa shape index (κ1) is 4.73. The van der Waals surface area contributed by atoms with Crippen molar-refractivity contribution in [1.29, 1.82) is 0 Å². The van der Waals surface area contributed by atoms with Crippen LogP contribution in [0.5, 0.6) is 0 Å². The molecule has 0 saturated carbocycles. The number of ether oxygens (including phenoxy) is 1. The Labute approximate surface area is 48.2 Å². The van der Waals surface area contributed by atoms with Crippen LogP contribution in [0.2, 0.25) is 0 Å². The molecule has 3 N–H and O–H groups in total. The van der Waals surface area contributed by atoms with Gasteiger partial charge in [0.1, 0.15) is 5.72 Å². The SMILES string of the molecule is NC12CNC(CO1)C2. The number of rotatable bonds is 0. The quantitative estimate of drug-likeness (QED) is 0.426. The summed E-state index contributed by atoms with van der Waals surface area (Å²) >= 11 is 0. The fourth-order valence-corrected chi connectivity index (χ4v) is 1.37. The topological polar surface area (TPSA) is 47.3 Å². The highest BCUT2D eigenvalue weighted by Gasteiger charge is 2.42. The number of morpholine rings is 1. The van der Waals surface area contributed by atoms with E-state index < -0.39 is 0 Å². The molecule has 3 nitrogen and oxygen atoms in total. The molecule has 2 saturated heterocycles. The van der Waals surface area contributed by atoms with E-state index in [9.17, 15) is 0 Å². The van der Waals surface area contributed by atoms with Crippen molar-refractivity contribution >= 4 is 0 Å². The molecule has 8 heavy (non-hydrogen) atoms. The maximum absolute atomic E-state index is 5.72. The molecule has 2 aliphatic heterocycles. The minimum absolute atomic E-state index is 0.301. The molecule has 2 rings (SSSR count). The van der Waals surface area contributed by atoms with E-state index in [0.29, 0.717) is 6.04 Å². The van der Waals surface area contributed by atoms with Crippen LogP contribution in [-0.4, -0.2) is 24.9 Å². The summed E-state index contributed by atoms with van der Waals surface area (Å²) in [5.74, 6) is 0. The van der Waals surface area contributed by atoms with Gasteiger partial charge >= 0.3 is 0 Å². The Bertz CT molecular complexity index is 107. The molecule has 2 fully saturated rings. The first-order valence-electron chi connectivity index (χ1n) is 2.95. The largest absolute Gasteiger partial charge is 0.358 e. The van der Waals surface area contributed by atoms with E-state index in [1.54, 1.807) is 0 Å². The zero-order chi connectivity index (χ0) is 5.61. The predicted octanol–water partition coefficient (Wildman–Crippen LogP) is -0.967. The van der Waals surface area contributed by atoms with Gasteiger partial charge in [0.05, 0.1) is 6.61 Å². The minimum atomic E-state index is -0.301. The lowest BCUT2D eigenvalue weighted by Gasteiger charge is -2.20. The predicted molar refractivity (Wildman–Crippen MR) is 29.3 cm³/mol. The Kier molecular flexibility index (Phi) is 0.730. The smallest absolute Gasteiger partial charge is 0.130 e. The van der Waals surface area contributed by atoms with Crippen molar-refractivity contribution in [2.24, 2.45) is 5.73 Å². The molecule has 0 spiro atoms. The average molecular weight is 114 g/mol. The lowest BCUT2D eigenvalue weighted by Crippen LogP contribution is -2.46. The van der Waals surface area contributed by atoms with Crippen molar-refractivity contribution in [1.82, 2.24) is 5.32 Å². The molecule has 0 amide bonds. The first-order chi connectivity index (χ1) is 3.79. The van der Waals surface area contributed by atoms with Crippen LogP contribution >= 0.6 is 0 Å². The Morgan fingerprint density at radius 1 is 1.75 bits per heavy atom. The van der Waals surface area contributed by atoms with Gasteiger partial charge in [0, 0.05) is 19.0 Å². The molecule has 2 heterocycles. The maximum atomic E-state index is 5.72. The van der Waals surface area contributed by atoms with Crippen LogP contribution in [0.3, 0.4) is 0 Å². The Morgan fingerprint density at radius 2 is 2.62 bits per heavy atom. The van der Waals surface area contributed by atoms with Gasteiger partial charge in [-0.05, 0) is 0 Å². The third-order valence-electron chi connectivity index (χ3n) is 1.85. The van der Waals surface area contributed by atoms with Crippen LogP contribution in [0, 0.1) is 0 Å². The summed E-state index contributed by atoms with van der Waals surface area (Å²) in [5.41, 5.74) is 5.41. The molecule has 2 bridgehead atoms. The highest BCUT2D eigenvalue weighted by molar-refractivity contribution is 4.96. The monoisotopic (exact) mass is 114 g/mol. The summed E-state index contributed by atoms with van der Waals surface area (Å²) in [4.78, 5) is 0. The molecule has 2 aliphatic rings. The third kappa shape index (κ3) is 0.491. The van der Waals surface area contributed by atoms with Crippen molar-refractivity contribution in [2.75, 3.05) is 13.2 Å². The van der Waals surface area contributed by atoms with Gasteiger partial charge in [0.25, 0.3) is 0 Å². The van der Waals surface area contributed by atoms with E-state index in [-0.39, 0.29) is 5.72 Å². The summed E-state index contributed by atoms with van der Waals surface area (Å²) in [6, 6.07) is 0.542. The standard InChI is InChI=1S/C5H10N2O/c6-5-1-4(2-8-5)7-3-5/h4,7H,1-3,6H2. The van der Waals surface area contributed by atoms with Crippen molar-refractivity contribution in [3.63, 3.8) is 0 Å². The summed E-state index contributed by atoms with van der Waals surface area (Å²) in [6.07, 6.45) is 0.993. The van der Waals surface area contributed by atoms with Gasteiger partial charge in [-0.2, -0.15) is 0 Å². The summed E-state index contributed by atoms with van der Waals surface area (Å²) in [6.45, 7) is 1.63. The van der Waals surface area contributed by atoms with Crippen LogP contribution in [0.15, 0.2) is 0 Å². The molecule has 0 aromatic heterocycles. The maximum Gasteiger partial charge on any atom is 0.130 e. The van der Waals surface area contributed by atoms with Crippen LogP contribution in [0.1, 0.15) is 6.42 Å². The van der Waals surface area contributed by atoms with Crippen LogP contribution in [-0.2, 0) is 4.74 Å². The number of fused-ring (bicyclic) bond motifs is 2. The highest BCUT2D eigenvalue weighted by Crippen LogP contribution is 2.25. The van der Waals surface area contributed by atoms with Crippen LogP contribution in [0.25, 0.3) is 0 Å². The molecular weight excluding hydrogens is 104 g/mol. The molecule has 0 aliphatic carbocycles. The van der Waals surface area contributed by atoms with Gasteiger partial charge < -0.3 is 15.8 Å². The molecular formula is C5H10N2O. The number of hydrogen-bond acceptors (Lipinski definition) is 3. The van der Waals surface area contributed by atoms with Gasteiger partial charge in [0.15, 0.2) is 0 Å². The van der Waals surface area contributed by atoms with Crippen molar-refractivity contribution in [3.05, 3.63) is 0 Å². The van der Waals surface area contributed by atoms with E-state index >= 15 is 0 Å². The van der Waals surface area contributed by atoms with Crippen molar-refractivity contribution in [3.8, 4) is 0 Å². The number of hydrogen-bond donors (Lipinski definition) is 2. The van der Waals surface area contributed by atoms with E-state index in [0.717, 1.165) is 19.6 Å². The van der Waals surface area contributed by atoms with Gasteiger partial charge in [-0.1, -0.05) is 0 Å². The second-order valence-corrected chi connectivity index (χ2v) is 2.66. The minimum Gasteiger partial charge on any atom is -0.358 e. The van der Waals surface area contributed by atoms with E-state index in [4.69, 9.17) is 10.5 Å². The molecule has 0 aromatic rings. The lowest BCUT2D eigenvalue weighted by atomic mass is 10.2. The molecule has 3 heteroatoms. The normalized spacial score (nSPS) is 52.9. The number of nitrogens with two attached hydrogens (primary N) is 1. The zero-order valence-electron chi connectivity index (χ0n) is 4.68. The van der Waals surface area contributed by atoms with Gasteiger partial charge in [-0.15, -0.1) is 0 Å². The summed E-state index contributed by atoms with van der Waals surface area (Å²) < 4.78 is 5.25. The Morgan fingerprint density at radius 3 is 2.75 bits per heavy atom.